The summed E-state index contributed by atoms with van der Waals surface area (Å²) in [7, 11) is 0. The second-order valence-electron chi connectivity index (χ2n) is 8.58. The van der Waals surface area contributed by atoms with Gasteiger partial charge in [0.2, 0.25) is 0 Å². The summed E-state index contributed by atoms with van der Waals surface area (Å²) in [6.07, 6.45) is 0. The number of amides is 1. The molecule has 0 aliphatic carbocycles. The molecule has 148 valence electrons. The molecule has 0 radical (unpaired) electrons. The van der Waals surface area contributed by atoms with Crippen molar-refractivity contribution in [2.24, 2.45) is 0 Å². The Kier molecular flexibility index (Phi) is 5.13. The zero-order valence-corrected chi connectivity index (χ0v) is 16.7. The van der Waals surface area contributed by atoms with E-state index in [0.29, 0.717) is 11.8 Å². The molecule has 0 bridgehead atoms. The Labute approximate surface area is 167 Å². The van der Waals surface area contributed by atoms with Crippen molar-refractivity contribution in [1.29, 1.82) is 0 Å². The molecule has 0 spiro atoms. The summed E-state index contributed by atoms with van der Waals surface area (Å²) >= 11 is 0. The van der Waals surface area contributed by atoms with Crippen molar-refractivity contribution in [1.82, 2.24) is 14.7 Å². The number of carbonyl (C=O) groups excluding carboxylic acids is 1. The number of piperazine rings is 2. The number of phenolic OH excluding ortho intramolecular Hbond substituents is 1. The van der Waals surface area contributed by atoms with Crippen LogP contribution in [0.15, 0.2) is 54.6 Å². The Morgan fingerprint density at radius 2 is 1.75 bits per heavy atom. The summed E-state index contributed by atoms with van der Waals surface area (Å²) < 4.78 is 0. The number of rotatable bonds is 3. The molecule has 5 nitrogen and oxygen atoms in total. The first kappa shape index (κ1) is 19.0. The highest BCUT2D eigenvalue weighted by Crippen LogP contribution is 2.30. The summed E-state index contributed by atoms with van der Waals surface area (Å²) in [5.41, 5.74) is 1.67. The Bertz CT molecular complexity index is 837. The van der Waals surface area contributed by atoms with E-state index in [4.69, 9.17) is 0 Å². The average molecular weight is 380 g/mol. The molecule has 2 aromatic carbocycles. The summed E-state index contributed by atoms with van der Waals surface area (Å²) in [4.78, 5) is 20.0. The van der Waals surface area contributed by atoms with Crippen LogP contribution in [-0.4, -0.2) is 70.0 Å². The van der Waals surface area contributed by atoms with E-state index in [2.05, 4.69) is 23.6 Å². The van der Waals surface area contributed by atoms with Crippen molar-refractivity contribution in [2.75, 3.05) is 32.7 Å². The summed E-state index contributed by atoms with van der Waals surface area (Å²) in [5.74, 6) is 0.473. The van der Waals surface area contributed by atoms with Crippen LogP contribution in [0.4, 0.5) is 0 Å². The average Bonchev–Trinajstić information content (AvgIpc) is 2.69. The molecule has 2 saturated heterocycles. The topological polar surface area (TPSA) is 47.0 Å². The number of fused-ring (bicyclic) bond motifs is 1. The number of hydrogen-bond acceptors (Lipinski definition) is 4. The van der Waals surface area contributed by atoms with Gasteiger partial charge in [0.05, 0.1) is 0 Å². The second-order valence-corrected chi connectivity index (χ2v) is 8.58. The van der Waals surface area contributed by atoms with E-state index in [-0.39, 0.29) is 11.4 Å². The van der Waals surface area contributed by atoms with Gasteiger partial charge in [0.1, 0.15) is 5.75 Å². The van der Waals surface area contributed by atoms with Crippen LogP contribution in [0.1, 0.15) is 29.8 Å². The highest BCUT2D eigenvalue weighted by Gasteiger charge is 2.43. The molecule has 1 atom stereocenters. The van der Waals surface area contributed by atoms with Gasteiger partial charge in [-0.15, -0.1) is 0 Å². The molecule has 2 aliphatic rings. The molecule has 2 heterocycles. The molecule has 1 N–H and O–H groups in total. The first-order chi connectivity index (χ1) is 13.4. The Balaban J connectivity index is 1.49. The maximum Gasteiger partial charge on any atom is 0.253 e. The Morgan fingerprint density at radius 3 is 2.50 bits per heavy atom. The zero-order chi connectivity index (χ0) is 19.7. The molecule has 0 saturated carbocycles. The van der Waals surface area contributed by atoms with Crippen LogP contribution >= 0.6 is 0 Å². The van der Waals surface area contributed by atoms with Crippen LogP contribution in [0.2, 0.25) is 0 Å². The van der Waals surface area contributed by atoms with E-state index < -0.39 is 0 Å². The number of carbonyl (C=O) groups is 1. The third-order valence-electron chi connectivity index (χ3n) is 6.05. The summed E-state index contributed by atoms with van der Waals surface area (Å²) in [5, 5.41) is 10.1. The second kappa shape index (κ2) is 7.57. The predicted octanol–water partition coefficient (Wildman–Crippen LogP) is 2.81. The van der Waals surface area contributed by atoms with E-state index >= 15 is 0 Å². The molecule has 2 aromatic rings. The fourth-order valence-corrected chi connectivity index (χ4v) is 4.70. The van der Waals surface area contributed by atoms with Gasteiger partial charge in [-0.25, -0.2) is 0 Å². The minimum Gasteiger partial charge on any atom is -0.508 e. The van der Waals surface area contributed by atoms with E-state index in [1.165, 1.54) is 0 Å². The van der Waals surface area contributed by atoms with E-state index in [1.54, 1.807) is 6.07 Å². The fourth-order valence-electron chi connectivity index (χ4n) is 4.70. The molecular weight excluding hydrogens is 350 g/mol. The lowest BCUT2D eigenvalue weighted by Gasteiger charge is -2.55. The number of benzene rings is 2. The Hall–Kier alpha value is -2.37. The molecule has 5 heteroatoms. The molecule has 1 amide bonds. The van der Waals surface area contributed by atoms with Gasteiger partial charge >= 0.3 is 0 Å². The highest BCUT2D eigenvalue weighted by molar-refractivity contribution is 5.94. The monoisotopic (exact) mass is 379 g/mol. The number of aromatic hydroxyl groups is 1. The molecule has 0 aromatic heterocycles. The third-order valence-corrected chi connectivity index (χ3v) is 6.05. The highest BCUT2D eigenvalue weighted by atomic mass is 16.3. The van der Waals surface area contributed by atoms with Crippen LogP contribution in [-0.2, 0) is 6.54 Å². The largest absolute Gasteiger partial charge is 0.508 e. The van der Waals surface area contributed by atoms with Gasteiger partial charge in [-0.3, -0.25) is 14.6 Å². The minimum absolute atomic E-state index is 0.0473. The van der Waals surface area contributed by atoms with Gasteiger partial charge < -0.3 is 10.0 Å². The van der Waals surface area contributed by atoms with Crippen molar-refractivity contribution in [3.8, 4) is 5.75 Å². The molecule has 1 unspecified atom stereocenters. The SMILES string of the molecule is CC1(C)CN(C(=O)c2ccccc2)CC2CN(Cc3ccccc3O)CCN21. The van der Waals surface area contributed by atoms with Crippen molar-refractivity contribution >= 4 is 5.91 Å². The van der Waals surface area contributed by atoms with Crippen LogP contribution in [0.3, 0.4) is 0 Å². The summed E-state index contributed by atoms with van der Waals surface area (Å²) in [6, 6.07) is 17.4. The predicted molar refractivity (Wildman–Crippen MR) is 110 cm³/mol. The molecular formula is C23H29N3O2. The lowest BCUT2D eigenvalue weighted by Crippen LogP contribution is -2.70. The van der Waals surface area contributed by atoms with Crippen LogP contribution in [0, 0.1) is 0 Å². The maximum absolute atomic E-state index is 13.0. The smallest absolute Gasteiger partial charge is 0.253 e. The van der Waals surface area contributed by atoms with Crippen molar-refractivity contribution in [3.05, 3.63) is 65.7 Å². The third kappa shape index (κ3) is 3.77. The molecule has 28 heavy (non-hydrogen) atoms. The zero-order valence-electron chi connectivity index (χ0n) is 16.7. The van der Waals surface area contributed by atoms with Crippen molar-refractivity contribution < 1.29 is 9.90 Å². The van der Waals surface area contributed by atoms with Crippen molar-refractivity contribution in [2.45, 2.75) is 32.0 Å². The number of hydrogen-bond donors (Lipinski definition) is 1. The van der Waals surface area contributed by atoms with Crippen LogP contribution in [0.25, 0.3) is 0 Å². The van der Waals surface area contributed by atoms with Gasteiger partial charge in [0.15, 0.2) is 0 Å². The van der Waals surface area contributed by atoms with Crippen molar-refractivity contribution in [3.63, 3.8) is 0 Å². The van der Waals surface area contributed by atoms with Gasteiger partial charge in [-0.05, 0) is 32.0 Å². The lowest BCUT2D eigenvalue weighted by atomic mass is 9.92. The fraction of sp³-hybridized carbons (Fsp3) is 0.435. The standard InChI is InChI=1S/C23H29N3O2/c1-23(2)17-25(22(28)18-8-4-3-5-9-18)16-20-15-24(12-13-26(20)23)14-19-10-6-7-11-21(19)27/h3-11,20,27H,12-17H2,1-2H3. The quantitative estimate of drug-likeness (QED) is 0.891. The lowest BCUT2D eigenvalue weighted by molar-refractivity contribution is -0.0578. The normalized spacial score (nSPS) is 22.6. The molecule has 4 rings (SSSR count). The number of phenols is 1. The first-order valence-corrected chi connectivity index (χ1v) is 10.0. The summed E-state index contributed by atoms with van der Waals surface area (Å²) in [6.45, 7) is 9.57. The molecule has 2 aliphatic heterocycles. The van der Waals surface area contributed by atoms with Crippen LogP contribution in [0.5, 0.6) is 5.75 Å². The minimum atomic E-state index is -0.0473. The number of para-hydroxylation sites is 1. The van der Waals surface area contributed by atoms with E-state index in [1.807, 2.05) is 53.4 Å². The van der Waals surface area contributed by atoms with E-state index in [0.717, 1.165) is 50.4 Å². The Morgan fingerprint density at radius 1 is 1.04 bits per heavy atom. The van der Waals surface area contributed by atoms with E-state index in [9.17, 15) is 9.90 Å². The number of nitrogens with zero attached hydrogens (tertiary/aromatic N) is 3. The van der Waals surface area contributed by atoms with Crippen LogP contribution < -0.4 is 0 Å². The van der Waals surface area contributed by atoms with Gasteiger partial charge in [-0.2, -0.15) is 0 Å². The first-order valence-electron chi connectivity index (χ1n) is 10.0. The van der Waals surface area contributed by atoms with Gasteiger partial charge in [0.25, 0.3) is 5.91 Å². The molecule has 2 fully saturated rings. The van der Waals surface area contributed by atoms with Gasteiger partial charge in [-0.1, -0.05) is 36.4 Å². The van der Waals surface area contributed by atoms with Gasteiger partial charge in [0, 0.05) is 62.0 Å². The maximum atomic E-state index is 13.0.